The topological polar surface area (TPSA) is 154 Å². The lowest BCUT2D eigenvalue weighted by molar-refractivity contribution is -0.149. The van der Waals surface area contributed by atoms with E-state index in [0.717, 1.165) is 4.90 Å². The van der Waals surface area contributed by atoms with Crippen molar-refractivity contribution >= 4 is 23.9 Å². The predicted molar refractivity (Wildman–Crippen MR) is 83.2 cm³/mol. The molecule has 0 aliphatic heterocycles. The number of rotatable bonds is 15. The molecule has 0 aliphatic rings. The fourth-order valence-electron chi connectivity index (χ4n) is 1.87. The molecular formula is C14H24N2O9. The Balaban J connectivity index is 4.52. The fraction of sp³-hybridized carbons (Fsp3) is 0.714. The summed E-state index contributed by atoms with van der Waals surface area (Å²) in [6, 6.07) is 0. The lowest BCUT2D eigenvalue weighted by Crippen LogP contribution is -2.43. The van der Waals surface area contributed by atoms with Gasteiger partial charge < -0.3 is 24.8 Å². The molecule has 0 spiro atoms. The van der Waals surface area contributed by atoms with Gasteiger partial charge in [-0.1, -0.05) is 0 Å². The van der Waals surface area contributed by atoms with Gasteiger partial charge >= 0.3 is 23.9 Å². The molecule has 144 valence electrons. The maximum atomic E-state index is 11.7. The molecule has 0 radical (unpaired) electrons. The first-order valence-corrected chi connectivity index (χ1v) is 7.58. The van der Waals surface area contributed by atoms with Crippen molar-refractivity contribution in [3.8, 4) is 0 Å². The Hall–Kier alpha value is -2.24. The largest absolute Gasteiger partial charge is 0.480 e. The van der Waals surface area contributed by atoms with Crippen molar-refractivity contribution < 1.29 is 44.0 Å². The second-order valence-electron chi connectivity index (χ2n) is 5.02. The molecule has 0 aromatic carbocycles. The van der Waals surface area contributed by atoms with E-state index in [0.29, 0.717) is 6.61 Å². The van der Waals surface area contributed by atoms with Crippen LogP contribution in [0.25, 0.3) is 0 Å². The van der Waals surface area contributed by atoms with Crippen LogP contribution in [-0.2, 0) is 28.7 Å². The SMILES string of the molecule is CCOCCOC(=O)CN(CCN(CC(=O)O)CC(=O)O)CC(=O)O. The number of carboxylic acids is 3. The molecule has 0 aliphatic carbocycles. The van der Waals surface area contributed by atoms with E-state index in [-0.39, 0.29) is 32.8 Å². The quantitative estimate of drug-likeness (QED) is 0.228. The van der Waals surface area contributed by atoms with Gasteiger partial charge in [0.05, 0.1) is 32.8 Å². The van der Waals surface area contributed by atoms with Crippen molar-refractivity contribution in [2.24, 2.45) is 0 Å². The minimum atomic E-state index is -1.21. The van der Waals surface area contributed by atoms with Gasteiger partial charge in [-0.25, -0.2) is 0 Å². The van der Waals surface area contributed by atoms with Crippen LogP contribution in [0.2, 0.25) is 0 Å². The van der Waals surface area contributed by atoms with Crippen molar-refractivity contribution in [2.45, 2.75) is 6.92 Å². The molecule has 0 amide bonds. The van der Waals surface area contributed by atoms with E-state index in [9.17, 15) is 19.2 Å². The number of aliphatic carboxylic acids is 3. The highest BCUT2D eigenvalue weighted by atomic mass is 16.6. The standard InChI is InChI=1S/C14H24N2O9/c1-2-24-5-6-25-14(23)10-16(9-13(21)22)4-3-15(7-11(17)18)8-12(19)20/h2-10H2,1H3,(H,17,18)(H,19,20)(H,21,22). The van der Waals surface area contributed by atoms with Gasteiger partial charge in [-0.3, -0.25) is 29.0 Å². The molecule has 11 heteroatoms. The Morgan fingerprint density at radius 1 is 0.760 bits per heavy atom. The second-order valence-corrected chi connectivity index (χ2v) is 5.02. The Kier molecular flexibility index (Phi) is 11.9. The van der Waals surface area contributed by atoms with Gasteiger partial charge in [0, 0.05) is 19.7 Å². The molecule has 25 heavy (non-hydrogen) atoms. The van der Waals surface area contributed by atoms with Crippen LogP contribution < -0.4 is 0 Å². The molecule has 11 nitrogen and oxygen atoms in total. The number of hydrogen-bond acceptors (Lipinski definition) is 8. The number of hydrogen-bond donors (Lipinski definition) is 3. The average Bonchev–Trinajstić information content (AvgIpc) is 2.47. The summed E-state index contributed by atoms with van der Waals surface area (Å²) in [7, 11) is 0. The summed E-state index contributed by atoms with van der Waals surface area (Å²) in [5, 5.41) is 26.4. The summed E-state index contributed by atoms with van der Waals surface area (Å²) in [5.41, 5.74) is 0. The summed E-state index contributed by atoms with van der Waals surface area (Å²) >= 11 is 0. The van der Waals surface area contributed by atoms with E-state index in [1.54, 1.807) is 6.92 Å². The van der Waals surface area contributed by atoms with Crippen molar-refractivity contribution in [1.82, 2.24) is 9.80 Å². The lowest BCUT2D eigenvalue weighted by Gasteiger charge is -2.24. The van der Waals surface area contributed by atoms with Crippen molar-refractivity contribution in [3.63, 3.8) is 0 Å². The smallest absolute Gasteiger partial charge is 0.320 e. The van der Waals surface area contributed by atoms with E-state index in [4.69, 9.17) is 24.8 Å². The number of carbonyl (C=O) groups is 4. The summed E-state index contributed by atoms with van der Waals surface area (Å²) in [4.78, 5) is 46.4. The van der Waals surface area contributed by atoms with Gasteiger partial charge in [-0.2, -0.15) is 0 Å². The molecular weight excluding hydrogens is 340 g/mol. The zero-order chi connectivity index (χ0) is 19.2. The number of esters is 1. The molecule has 0 heterocycles. The number of carboxylic acid groups (broad SMARTS) is 3. The predicted octanol–water partition coefficient (Wildman–Crippen LogP) is -1.58. The van der Waals surface area contributed by atoms with E-state index in [1.807, 2.05) is 0 Å². The summed E-state index contributed by atoms with van der Waals surface area (Å²) in [5.74, 6) is -4.24. The number of nitrogens with zero attached hydrogens (tertiary/aromatic N) is 2. The summed E-state index contributed by atoms with van der Waals surface area (Å²) in [6.07, 6.45) is 0. The molecule has 0 unspecified atom stereocenters. The van der Waals surface area contributed by atoms with Crippen LogP contribution in [0.4, 0.5) is 0 Å². The molecule has 0 aromatic rings. The molecule has 0 aromatic heterocycles. The maximum Gasteiger partial charge on any atom is 0.320 e. The Morgan fingerprint density at radius 2 is 1.20 bits per heavy atom. The van der Waals surface area contributed by atoms with Gasteiger partial charge in [0.1, 0.15) is 6.61 Å². The van der Waals surface area contributed by atoms with E-state index < -0.39 is 43.5 Å². The Labute approximate surface area is 144 Å². The highest BCUT2D eigenvalue weighted by Gasteiger charge is 2.19. The monoisotopic (exact) mass is 364 g/mol. The first kappa shape index (κ1) is 22.8. The minimum absolute atomic E-state index is 0.00653. The molecule has 0 fully saturated rings. The second kappa shape index (κ2) is 13.1. The third-order valence-corrected chi connectivity index (χ3v) is 2.86. The molecule has 3 N–H and O–H groups in total. The summed E-state index contributed by atoms with van der Waals surface area (Å²) < 4.78 is 9.90. The normalized spacial score (nSPS) is 10.8. The van der Waals surface area contributed by atoms with Crippen molar-refractivity contribution in [2.75, 3.05) is 59.1 Å². The zero-order valence-corrected chi connectivity index (χ0v) is 14.0. The van der Waals surface area contributed by atoms with Crippen LogP contribution in [-0.4, -0.2) is 108 Å². The molecule has 0 saturated carbocycles. The fourth-order valence-corrected chi connectivity index (χ4v) is 1.87. The maximum absolute atomic E-state index is 11.7. The summed E-state index contributed by atoms with van der Waals surface area (Å²) in [6.45, 7) is 0.705. The van der Waals surface area contributed by atoms with Crippen LogP contribution in [0.1, 0.15) is 6.92 Å². The van der Waals surface area contributed by atoms with Gasteiger partial charge in [0.2, 0.25) is 0 Å². The minimum Gasteiger partial charge on any atom is -0.480 e. The van der Waals surface area contributed by atoms with Gasteiger partial charge in [-0.05, 0) is 6.92 Å². The van der Waals surface area contributed by atoms with E-state index >= 15 is 0 Å². The molecule has 0 atom stereocenters. The van der Waals surface area contributed by atoms with E-state index in [1.165, 1.54) is 4.90 Å². The van der Waals surface area contributed by atoms with Crippen molar-refractivity contribution in [3.05, 3.63) is 0 Å². The lowest BCUT2D eigenvalue weighted by atomic mass is 10.4. The highest BCUT2D eigenvalue weighted by Crippen LogP contribution is 1.96. The third kappa shape index (κ3) is 13.9. The van der Waals surface area contributed by atoms with Crippen LogP contribution in [0, 0.1) is 0 Å². The van der Waals surface area contributed by atoms with Gasteiger partial charge in [-0.15, -0.1) is 0 Å². The highest BCUT2D eigenvalue weighted by molar-refractivity contribution is 5.74. The molecule has 0 bridgehead atoms. The third-order valence-electron chi connectivity index (χ3n) is 2.86. The van der Waals surface area contributed by atoms with Crippen molar-refractivity contribution in [1.29, 1.82) is 0 Å². The number of ether oxygens (including phenoxy) is 2. The van der Waals surface area contributed by atoms with Crippen LogP contribution in [0.3, 0.4) is 0 Å². The number of carbonyl (C=O) groups excluding carboxylic acids is 1. The molecule has 0 rings (SSSR count). The Bertz CT molecular complexity index is 440. The van der Waals surface area contributed by atoms with Crippen LogP contribution in [0.5, 0.6) is 0 Å². The van der Waals surface area contributed by atoms with Gasteiger partial charge in [0.15, 0.2) is 0 Å². The molecule has 0 saturated heterocycles. The van der Waals surface area contributed by atoms with Gasteiger partial charge in [0.25, 0.3) is 0 Å². The zero-order valence-electron chi connectivity index (χ0n) is 14.0. The first-order valence-electron chi connectivity index (χ1n) is 7.58. The first-order chi connectivity index (χ1) is 11.7. The average molecular weight is 364 g/mol. The van der Waals surface area contributed by atoms with Crippen LogP contribution in [0.15, 0.2) is 0 Å². The Morgan fingerprint density at radius 3 is 1.60 bits per heavy atom. The van der Waals surface area contributed by atoms with E-state index in [2.05, 4.69) is 0 Å². The van der Waals surface area contributed by atoms with Crippen LogP contribution >= 0.6 is 0 Å².